The quantitative estimate of drug-likeness (QED) is 0.254. The maximum absolute atomic E-state index is 13.6. The number of rotatable bonds is 9. The van der Waals surface area contributed by atoms with Crippen molar-refractivity contribution in [1.82, 2.24) is 8.75 Å². The van der Waals surface area contributed by atoms with Crippen LogP contribution in [0.25, 0.3) is 16.6 Å². The van der Waals surface area contributed by atoms with Gasteiger partial charge in [0.1, 0.15) is 11.0 Å². The van der Waals surface area contributed by atoms with E-state index in [1.54, 1.807) is 30.3 Å². The largest absolute Gasteiger partial charge is 0.493 e. The number of hydrogen-bond acceptors (Lipinski definition) is 11. The van der Waals surface area contributed by atoms with E-state index in [0.29, 0.717) is 39.9 Å². The highest BCUT2D eigenvalue weighted by Gasteiger charge is 2.49. The summed E-state index contributed by atoms with van der Waals surface area (Å²) >= 11 is 1.12. The molecule has 2 aliphatic heterocycles. The first kappa shape index (κ1) is 27.8. The molecule has 6 rings (SSSR count). The smallest absolute Gasteiger partial charge is 0.342 e. The number of methoxy groups -OCH3 is 1. The number of aliphatic hydroxyl groups is 1. The molecule has 3 aromatic carbocycles. The Bertz CT molecular complexity index is 1710. The zero-order valence-electron chi connectivity index (χ0n) is 23.8. The zero-order valence-corrected chi connectivity index (χ0v) is 24.6. The summed E-state index contributed by atoms with van der Waals surface area (Å²) < 4.78 is 43.3. The van der Waals surface area contributed by atoms with E-state index in [1.165, 1.54) is 7.11 Å². The monoisotopic (exact) mass is 590 g/mol. The Kier molecular flexibility index (Phi) is 7.15. The molecular formula is C31H30N2O8S. The summed E-state index contributed by atoms with van der Waals surface area (Å²) in [4.78, 5) is 13.6. The third kappa shape index (κ3) is 4.99. The predicted molar refractivity (Wildman–Crippen MR) is 155 cm³/mol. The molecule has 0 spiro atoms. The van der Waals surface area contributed by atoms with Crippen molar-refractivity contribution in [2.45, 2.75) is 52.1 Å². The maximum atomic E-state index is 13.6. The van der Waals surface area contributed by atoms with Crippen LogP contribution in [0.4, 0.5) is 0 Å². The van der Waals surface area contributed by atoms with Crippen molar-refractivity contribution < 1.29 is 38.3 Å². The van der Waals surface area contributed by atoms with Gasteiger partial charge in [-0.1, -0.05) is 12.1 Å². The van der Waals surface area contributed by atoms with E-state index >= 15 is 0 Å². The van der Waals surface area contributed by atoms with Gasteiger partial charge in [-0.3, -0.25) is 0 Å². The number of esters is 1. The normalized spacial score (nSPS) is 17.9. The van der Waals surface area contributed by atoms with Gasteiger partial charge >= 0.3 is 5.97 Å². The topological polar surface area (TPSA) is 118 Å². The maximum Gasteiger partial charge on any atom is 0.342 e. The molecule has 1 aromatic heterocycles. The van der Waals surface area contributed by atoms with Gasteiger partial charge in [0.05, 0.1) is 36.6 Å². The number of fused-ring (bicyclic) bond motifs is 2. The lowest BCUT2D eigenvalue weighted by Crippen LogP contribution is -2.30. The van der Waals surface area contributed by atoms with Crippen LogP contribution in [0.15, 0.2) is 54.1 Å². The standard InChI is InChI=1S/C31H30N2O8S/c1-16(2)39-27-14-20(13-26(36-5)29(27)40-17(3)4)31(35)21(10-18-6-8-22-23(11-18)33-42-32-22)28(30(34)41-31)19-7-9-24-25(12-19)38-15-37-24/h6-9,11-14,16-17,35H,10,15H2,1-5H3. The molecule has 0 saturated heterocycles. The Morgan fingerprint density at radius 2 is 1.67 bits per heavy atom. The lowest BCUT2D eigenvalue weighted by Gasteiger charge is -2.28. The van der Waals surface area contributed by atoms with Crippen LogP contribution in [0.2, 0.25) is 0 Å². The van der Waals surface area contributed by atoms with Gasteiger partial charge in [-0.05, 0) is 75.2 Å². The van der Waals surface area contributed by atoms with E-state index in [0.717, 1.165) is 28.3 Å². The second-order valence-electron chi connectivity index (χ2n) is 10.6. The number of ether oxygens (including phenoxy) is 6. The van der Waals surface area contributed by atoms with Crippen LogP contribution in [-0.2, 0) is 21.7 Å². The van der Waals surface area contributed by atoms with Gasteiger partial charge in [0.2, 0.25) is 12.5 Å². The molecule has 0 bridgehead atoms. The van der Waals surface area contributed by atoms with Crippen LogP contribution in [0.1, 0.15) is 44.4 Å². The fourth-order valence-electron chi connectivity index (χ4n) is 5.08. The third-order valence-corrected chi connectivity index (χ3v) is 7.42. The van der Waals surface area contributed by atoms with Crippen molar-refractivity contribution >= 4 is 34.3 Å². The van der Waals surface area contributed by atoms with E-state index in [2.05, 4.69) is 8.75 Å². The van der Waals surface area contributed by atoms with Gasteiger partial charge in [-0.2, -0.15) is 8.75 Å². The van der Waals surface area contributed by atoms with Crippen LogP contribution in [0.3, 0.4) is 0 Å². The fourth-order valence-corrected chi connectivity index (χ4v) is 5.60. The lowest BCUT2D eigenvalue weighted by molar-refractivity contribution is -0.185. The molecule has 2 aliphatic rings. The average Bonchev–Trinajstić information content (AvgIpc) is 3.66. The number of carbonyl (C=O) groups is 1. The molecule has 1 unspecified atom stereocenters. The highest BCUT2D eigenvalue weighted by atomic mass is 32.1. The molecule has 218 valence electrons. The summed E-state index contributed by atoms with van der Waals surface area (Å²) in [5.74, 6) is -0.699. The third-order valence-electron chi connectivity index (χ3n) is 6.86. The molecule has 4 aromatic rings. The van der Waals surface area contributed by atoms with Crippen LogP contribution >= 0.6 is 11.7 Å². The molecular weight excluding hydrogens is 560 g/mol. The molecule has 1 N–H and O–H groups in total. The molecule has 0 amide bonds. The van der Waals surface area contributed by atoms with Gasteiger partial charge in [-0.25, -0.2) is 4.79 Å². The van der Waals surface area contributed by atoms with E-state index in [4.69, 9.17) is 28.4 Å². The Morgan fingerprint density at radius 1 is 0.929 bits per heavy atom. The van der Waals surface area contributed by atoms with Gasteiger partial charge < -0.3 is 33.5 Å². The highest BCUT2D eigenvalue weighted by molar-refractivity contribution is 7.00. The van der Waals surface area contributed by atoms with Crippen LogP contribution in [-0.4, -0.2) is 45.9 Å². The lowest BCUT2D eigenvalue weighted by atomic mass is 9.87. The van der Waals surface area contributed by atoms with E-state index in [9.17, 15) is 9.90 Å². The number of carbonyl (C=O) groups excluding carboxylic acids is 1. The summed E-state index contributed by atoms with van der Waals surface area (Å²) in [6.07, 6.45) is -0.209. The van der Waals surface area contributed by atoms with Crippen LogP contribution < -0.4 is 23.7 Å². The van der Waals surface area contributed by atoms with Gasteiger partial charge in [-0.15, -0.1) is 0 Å². The van der Waals surface area contributed by atoms with Crippen molar-refractivity contribution in [3.05, 3.63) is 70.8 Å². The van der Waals surface area contributed by atoms with Crippen molar-refractivity contribution in [3.63, 3.8) is 0 Å². The first-order chi connectivity index (χ1) is 20.2. The van der Waals surface area contributed by atoms with E-state index < -0.39 is 11.8 Å². The summed E-state index contributed by atoms with van der Waals surface area (Å²) in [6, 6.07) is 14.1. The number of hydrogen-bond donors (Lipinski definition) is 1. The Balaban J connectivity index is 1.54. The average molecular weight is 591 g/mol. The SMILES string of the molecule is COc1cc(C2(O)OC(=O)C(c3ccc4c(c3)OCO4)=C2Cc2ccc3nsnc3c2)cc(OC(C)C)c1OC(C)C. The molecule has 0 fully saturated rings. The Labute approximate surface area is 246 Å². The molecule has 0 saturated carbocycles. The minimum Gasteiger partial charge on any atom is -0.493 e. The highest BCUT2D eigenvalue weighted by Crippen LogP contribution is 2.50. The second-order valence-corrected chi connectivity index (χ2v) is 11.1. The molecule has 1 atom stereocenters. The minimum absolute atomic E-state index is 0.0873. The zero-order chi connectivity index (χ0) is 29.6. The molecule has 42 heavy (non-hydrogen) atoms. The summed E-state index contributed by atoms with van der Waals surface area (Å²) in [5.41, 5.74) is 3.64. The minimum atomic E-state index is -2.16. The molecule has 0 aliphatic carbocycles. The molecule has 10 nitrogen and oxygen atoms in total. The first-order valence-corrected chi connectivity index (χ1v) is 14.3. The van der Waals surface area contributed by atoms with Gasteiger partial charge in [0.25, 0.3) is 5.79 Å². The van der Waals surface area contributed by atoms with Gasteiger partial charge in [0, 0.05) is 17.6 Å². The molecule has 3 heterocycles. The molecule has 0 radical (unpaired) electrons. The Hall–Kier alpha value is -4.35. The van der Waals surface area contributed by atoms with Crippen LogP contribution in [0.5, 0.6) is 28.7 Å². The van der Waals surface area contributed by atoms with Crippen molar-refractivity contribution in [1.29, 1.82) is 0 Å². The van der Waals surface area contributed by atoms with E-state index in [1.807, 2.05) is 45.9 Å². The van der Waals surface area contributed by atoms with E-state index in [-0.39, 0.29) is 36.6 Å². The predicted octanol–water partition coefficient (Wildman–Crippen LogP) is 5.40. The summed E-state index contributed by atoms with van der Waals surface area (Å²) in [7, 11) is 1.50. The van der Waals surface area contributed by atoms with Crippen molar-refractivity contribution in [2.24, 2.45) is 0 Å². The van der Waals surface area contributed by atoms with Crippen molar-refractivity contribution in [2.75, 3.05) is 13.9 Å². The molecule has 11 heteroatoms. The summed E-state index contributed by atoms with van der Waals surface area (Å²) in [6.45, 7) is 7.65. The second kappa shape index (κ2) is 10.8. The number of cyclic esters (lactones) is 1. The van der Waals surface area contributed by atoms with Gasteiger partial charge in [0.15, 0.2) is 23.0 Å². The summed E-state index contributed by atoms with van der Waals surface area (Å²) in [5, 5.41) is 12.4. The number of aromatic nitrogens is 2. The number of nitrogens with zero attached hydrogens (tertiary/aromatic N) is 2. The Morgan fingerprint density at radius 3 is 2.43 bits per heavy atom. The number of benzene rings is 3. The fraction of sp³-hybridized carbons (Fsp3) is 0.323. The first-order valence-electron chi connectivity index (χ1n) is 13.5. The van der Waals surface area contributed by atoms with Crippen LogP contribution in [0, 0.1) is 0 Å². The van der Waals surface area contributed by atoms with Crippen molar-refractivity contribution in [3.8, 4) is 28.7 Å².